The summed E-state index contributed by atoms with van der Waals surface area (Å²) in [5.41, 5.74) is 0. The Hall–Kier alpha value is 0.524. The average molecular weight is 414 g/mol. The molecule has 0 aromatic carbocycles. The molecule has 0 amide bonds. The van der Waals surface area contributed by atoms with Gasteiger partial charge < -0.3 is 0 Å². The quantitative estimate of drug-likeness (QED) is 0.475. The van der Waals surface area contributed by atoms with Crippen molar-refractivity contribution in [2.24, 2.45) is 0 Å². The van der Waals surface area contributed by atoms with Gasteiger partial charge in [-0.05, 0) is 0 Å². The third-order valence-electron chi connectivity index (χ3n) is 5.48. The minimum atomic E-state index is -2.15. The fourth-order valence-electron chi connectivity index (χ4n) is 3.91. The normalized spacial score (nSPS) is 16.7. The Morgan fingerprint density at radius 3 is 1.86 bits per heavy atom. The van der Waals surface area contributed by atoms with Crippen LogP contribution in [0.5, 0.6) is 0 Å². The standard InChI is InChI=1S/C6H11BNO.3C4H9.Sn/c1-7(9)8-5-3-2-4-6-8;3*1-3-4-2;/h3,9H,4-6H2,1H3;3*1,3-4H2,2H3;. The van der Waals surface area contributed by atoms with Gasteiger partial charge in [-0.2, -0.15) is 0 Å². The maximum atomic E-state index is 9.80. The summed E-state index contributed by atoms with van der Waals surface area (Å²) in [7, 11) is -0.288. The zero-order valence-electron chi connectivity index (χ0n) is 15.5. The molecule has 0 fully saturated rings. The zero-order chi connectivity index (χ0) is 16.4. The van der Waals surface area contributed by atoms with Crippen molar-refractivity contribution in [3.05, 3.63) is 9.67 Å². The molecule has 1 N–H and O–H groups in total. The Kier molecular flexibility index (Phi) is 10.4. The summed E-state index contributed by atoms with van der Waals surface area (Å²) in [6, 6.07) is 0. The number of hydrogen-bond acceptors (Lipinski definition) is 2. The number of rotatable bonds is 11. The van der Waals surface area contributed by atoms with Crippen LogP contribution in [-0.4, -0.2) is 48.4 Å². The average Bonchev–Trinajstić information content (AvgIpc) is 2.54. The van der Waals surface area contributed by atoms with E-state index >= 15 is 0 Å². The first-order valence-electron chi connectivity index (χ1n) is 9.71. The van der Waals surface area contributed by atoms with Gasteiger partial charge in [0.25, 0.3) is 0 Å². The summed E-state index contributed by atoms with van der Waals surface area (Å²) in [5, 5.41) is 9.80. The van der Waals surface area contributed by atoms with E-state index in [2.05, 4.69) is 31.7 Å². The van der Waals surface area contributed by atoms with E-state index in [0.29, 0.717) is 0 Å². The zero-order valence-corrected chi connectivity index (χ0v) is 18.4. The van der Waals surface area contributed by atoms with E-state index in [1.54, 1.807) is 13.3 Å². The molecule has 0 saturated heterocycles. The number of hydrogen-bond donors (Lipinski definition) is 1. The summed E-state index contributed by atoms with van der Waals surface area (Å²) < 4.78 is 6.64. The molecule has 4 heteroatoms. The molecule has 0 atom stereocenters. The molecule has 22 heavy (non-hydrogen) atoms. The molecule has 1 aliphatic heterocycles. The van der Waals surface area contributed by atoms with Gasteiger partial charge in [0.1, 0.15) is 0 Å². The molecule has 2 nitrogen and oxygen atoms in total. The van der Waals surface area contributed by atoms with Gasteiger partial charge in [0.05, 0.1) is 0 Å². The first-order valence-corrected chi connectivity index (χ1v) is 17.2. The van der Waals surface area contributed by atoms with Crippen molar-refractivity contribution in [2.75, 3.05) is 13.1 Å². The predicted molar refractivity (Wildman–Crippen MR) is 103 cm³/mol. The SMILES string of the molecule is CCC[CH2][Sn]([CH2]CCC)([CH2]CCC)[C]1=CCN(B(C)O)CC1. The van der Waals surface area contributed by atoms with Crippen molar-refractivity contribution in [1.82, 2.24) is 4.81 Å². The molecule has 0 spiro atoms. The van der Waals surface area contributed by atoms with Crippen molar-refractivity contribution < 1.29 is 5.02 Å². The van der Waals surface area contributed by atoms with Crippen LogP contribution in [0.1, 0.15) is 65.7 Å². The fraction of sp³-hybridized carbons (Fsp3) is 0.889. The third-order valence-corrected chi connectivity index (χ3v) is 21.9. The van der Waals surface area contributed by atoms with Gasteiger partial charge in [0.2, 0.25) is 0 Å². The predicted octanol–water partition coefficient (Wildman–Crippen LogP) is 5.12. The molecule has 0 unspecified atom stereocenters. The van der Waals surface area contributed by atoms with Gasteiger partial charge in [0.15, 0.2) is 0 Å². The molecule has 128 valence electrons. The van der Waals surface area contributed by atoms with Gasteiger partial charge in [-0.15, -0.1) is 0 Å². The van der Waals surface area contributed by atoms with Crippen LogP contribution < -0.4 is 0 Å². The summed E-state index contributed by atoms with van der Waals surface area (Å²) in [4.78, 5) is 2.21. The number of unbranched alkanes of at least 4 members (excludes halogenated alkanes) is 3. The molecule has 0 aliphatic carbocycles. The van der Waals surface area contributed by atoms with E-state index in [4.69, 9.17) is 0 Å². The Morgan fingerprint density at radius 2 is 1.55 bits per heavy atom. The second-order valence-electron chi connectivity index (χ2n) is 7.20. The van der Waals surface area contributed by atoms with Crippen LogP contribution in [0, 0.1) is 0 Å². The third kappa shape index (κ3) is 6.20. The number of nitrogens with zero attached hydrogens (tertiary/aromatic N) is 1. The van der Waals surface area contributed by atoms with Crippen LogP contribution in [0.25, 0.3) is 0 Å². The van der Waals surface area contributed by atoms with Crippen LogP contribution >= 0.6 is 0 Å². The first kappa shape index (κ1) is 20.6. The van der Waals surface area contributed by atoms with Crippen molar-refractivity contribution in [1.29, 1.82) is 0 Å². The van der Waals surface area contributed by atoms with E-state index in [1.807, 2.05) is 10.4 Å². The summed E-state index contributed by atoms with van der Waals surface area (Å²) >= 11 is -2.15. The molecule has 0 aromatic rings. The Balaban J connectivity index is 2.89. The van der Waals surface area contributed by atoms with E-state index in [9.17, 15) is 5.02 Å². The Bertz CT molecular complexity index is 311. The molecule has 0 aromatic heterocycles. The van der Waals surface area contributed by atoms with Crippen molar-refractivity contribution in [3.63, 3.8) is 0 Å². The molecular weight excluding hydrogens is 376 g/mol. The van der Waals surface area contributed by atoms with Gasteiger partial charge in [0, 0.05) is 0 Å². The van der Waals surface area contributed by atoms with Crippen molar-refractivity contribution in [3.8, 4) is 0 Å². The van der Waals surface area contributed by atoms with Gasteiger partial charge in [-0.25, -0.2) is 0 Å². The monoisotopic (exact) mass is 415 g/mol. The topological polar surface area (TPSA) is 23.5 Å². The molecule has 1 heterocycles. The van der Waals surface area contributed by atoms with E-state index in [1.165, 1.54) is 44.9 Å². The van der Waals surface area contributed by atoms with Crippen LogP contribution in [0.3, 0.4) is 0 Å². The molecular formula is C18H38BNOSn. The summed E-state index contributed by atoms with van der Waals surface area (Å²) in [6.07, 6.45) is 12.2. The van der Waals surface area contributed by atoms with Crippen molar-refractivity contribution in [2.45, 2.75) is 85.9 Å². The molecule has 0 saturated carbocycles. The van der Waals surface area contributed by atoms with Crippen LogP contribution in [0.15, 0.2) is 9.67 Å². The Morgan fingerprint density at radius 1 is 1.05 bits per heavy atom. The van der Waals surface area contributed by atoms with Crippen LogP contribution in [0.2, 0.25) is 20.1 Å². The first-order chi connectivity index (χ1) is 10.6. The van der Waals surface area contributed by atoms with E-state index < -0.39 is 18.4 Å². The molecule has 0 radical (unpaired) electrons. The van der Waals surface area contributed by atoms with Crippen molar-refractivity contribution >= 4 is 25.4 Å². The van der Waals surface area contributed by atoms with Crippen LogP contribution in [0.4, 0.5) is 0 Å². The minimum absolute atomic E-state index is 0.288. The van der Waals surface area contributed by atoms with E-state index in [0.717, 1.165) is 13.1 Å². The molecule has 1 aliphatic rings. The van der Waals surface area contributed by atoms with Crippen LogP contribution in [-0.2, 0) is 0 Å². The summed E-state index contributed by atoms with van der Waals surface area (Å²) in [5.74, 6) is 0. The summed E-state index contributed by atoms with van der Waals surface area (Å²) in [6.45, 7) is 11.0. The van der Waals surface area contributed by atoms with Gasteiger partial charge in [-0.1, -0.05) is 0 Å². The maximum absolute atomic E-state index is 9.80. The second-order valence-corrected chi connectivity index (χ2v) is 20.6. The second kappa shape index (κ2) is 11.1. The van der Waals surface area contributed by atoms with Gasteiger partial charge >= 0.3 is 144 Å². The Labute approximate surface area is 143 Å². The molecule has 1 rings (SSSR count). The van der Waals surface area contributed by atoms with E-state index in [-0.39, 0.29) is 7.05 Å². The van der Waals surface area contributed by atoms with Gasteiger partial charge in [-0.3, -0.25) is 0 Å². The fourth-order valence-corrected chi connectivity index (χ4v) is 20.9. The molecule has 0 bridgehead atoms.